The molecule has 0 spiro atoms. The maximum atomic E-state index is 10.9. The molecule has 1 aromatic carbocycles. The molecule has 0 radical (unpaired) electrons. The van der Waals surface area contributed by atoms with Crippen LogP contribution in [0.15, 0.2) is 30.5 Å². The summed E-state index contributed by atoms with van der Waals surface area (Å²) in [4.78, 5) is 14.1. The molecule has 0 saturated heterocycles. The fourth-order valence-electron chi connectivity index (χ4n) is 1.42. The zero-order valence-electron chi connectivity index (χ0n) is 9.71. The van der Waals surface area contributed by atoms with Crippen molar-refractivity contribution in [1.82, 2.24) is 4.98 Å². The van der Waals surface area contributed by atoms with Gasteiger partial charge in [-0.1, -0.05) is 29.3 Å². The molecule has 0 N–H and O–H groups in total. The molecule has 0 saturated carbocycles. The molecule has 0 amide bonds. The number of para-hydroxylation sites is 1. The fourth-order valence-corrected chi connectivity index (χ4v) is 1.82. The Morgan fingerprint density at radius 3 is 2.75 bits per heavy atom. The first-order valence-corrected chi connectivity index (χ1v) is 5.95. The summed E-state index contributed by atoms with van der Waals surface area (Å²) in [5.74, 6) is -0.300. The lowest BCUT2D eigenvalue weighted by molar-refractivity contribution is -0.385. The number of nitro groups is 1. The minimum absolute atomic E-state index is 0.0378. The summed E-state index contributed by atoms with van der Waals surface area (Å²) in [5.41, 5.74) is -0.177. The lowest BCUT2D eigenvalue weighted by atomic mass is 10.3. The molecule has 0 unspecified atom stereocenters. The van der Waals surface area contributed by atoms with Crippen LogP contribution < -0.4 is 4.74 Å². The van der Waals surface area contributed by atoms with Crippen molar-refractivity contribution in [2.75, 3.05) is 0 Å². The Kier molecular flexibility index (Phi) is 4.03. The number of nitriles is 1. The Labute approximate surface area is 123 Å². The zero-order chi connectivity index (χ0) is 14.7. The number of benzene rings is 1. The Morgan fingerprint density at radius 2 is 2.10 bits per heavy atom. The number of pyridine rings is 1. The van der Waals surface area contributed by atoms with Gasteiger partial charge < -0.3 is 4.74 Å². The van der Waals surface area contributed by atoms with E-state index >= 15 is 0 Å². The van der Waals surface area contributed by atoms with Crippen molar-refractivity contribution in [3.8, 4) is 17.7 Å². The summed E-state index contributed by atoms with van der Waals surface area (Å²) in [6, 6.07) is 7.35. The molecule has 0 atom stereocenters. The van der Waals surface area contributed by atoms with E-state index in [9.17, 15) is 10.1 Å². The number of halogens is 2. The maximum absolute atomic E-state index is 10.9. The topological polar surface area (TPSA) is 89.0 Å². The monoisotopic (exact) mass is 309 g/mol. The van der Waals surface area contributed by atoms with Crippen molar-refractivity contribution < 1.29 is 9.66 Å². The molecule has 100 valence electrons. The van der Waals surface area contributed by atoms with E-state index in [1.165, 1.54) is 30.5 Å². The first-order chi connectivity index (χ1) is 9.54. The van der Waals surface area contributed by atoms with Crippen LogP contribution in [0.25, 0.3) is 0 Å². The average molecular weight is 310 g/mol. The van der Waals surface area contributed by atoms with Crippen LogP contribution in [0.3, 0.4) is 0 Å². The first-order valence-electron chi connectivity index (χ1n) is 5.20. The predicted molar refractivity (Wildman–Crippen MR) is 72.1 cm³/mol. The Morgan fingerprint density at radius 1 is 1.35 bits per heavy atom. The standard InChI is InChI=1S/C12H5Cl2N3O3/c13-8-2-1-3-9(17(18)19)11(8)20-12-10(14)7(6-15)4-5-16-12/h1-5H. The lowest BCUT2D eigenvalue weighted by Gasteiger charge is -2.08. The predicted octanol–water partition coefficient (Wildman–Crippen LogP) is 3.96. The van der Waals surface area contributed by atoms with Gasteiger partial charge in [-0.2, -0.15) is 5.26 Å². The highest BCUT2D eigenvalue weighted by Crippen LogP contribution is 2.39. The second-order valence-corrected chi connectivity index (χ2v) is 4.32. The zero-order valence-corrected chi connectivity index (χ0v) is 11.2. The number of aromatic nitrogens is 1. The van der Waals surface area contributed by atoms with Crippen LogP contribution in [0.5, 0.6) is 11.6 Å². The molecule has 1 aromatic heterocycles. The van der Waals surface area contributed by atoms with Gasteiger partial charge in [0, 0.05) is 12.3 Å². The van der Waals surface area contributed by atoms with Gasteiger partial charge in [0.15, 0.2) is 0 Å². The van der Waals surface area contributed by atoms with Crippen LogP contribution >= 0.6 is 23.2 Å². The molecule has 0 fully saturated rings. The van der Waals surface area contributed by atoms with E-state index in [4.69, 9.17) is 33.2 Å². The highest BCUT2D eigenvalue weighted by atomic mass is 35.5. The Hall–Kier alpha value is -2.36. The van der Waals surface area contributed by atoms with Gasteiger partial charge in [-0.05, 0) is 12.1 Å². The van der Waals surface area contributed by atoms with Gasteiger partial charge in [0.2, 0.25) is 11.6 Å². The van der Waals surface area contributed by atoms with Gasteiger partial charge in [0.25, 0.3) is 0 Å². The van der Waals surface area contributed by atoms with Crippen LogP contribution in [0, 0.1) is 21.4 Å². The van der Waals surface area contributed by atoms with E-state index in [2.05, 4.69) is 4.98 Å². The highest BCUT2D eigenvalue weighted by molar-refractivity contribution is 6.33. The van der Waals surface area contributed by atoms with E-state index in [1.54, 1.807) is 0 Å². The van der Waals surface area contributed by atoms with E-state index in [0.29, 0.717) is 0 Å². The first kappa shape index (κ1) is 14.1. The number of ether oxygens (including phenoxy) is 1. The van der Waals surface area contributed by atoms with E-state index in [-0.39, 0.29) is 32.9 Å². The van der Waals surface area contributed by atoms with Gasteiger partial charge in [-0.15, -0.1) is 0 Å². The Bertz CT molecular complexity index is 728. The van der Waals surface area contributed by atoms with Gasteiger partial charge in [0.05, 0.1) is 15.5 Å². The fraction of sp³-hybridized carbons (Fsp3) is 0. The molecule has 2 rings (SSSR count). The van der Waals surface area contributed by atoms with Crippen molar-refractivity contribution in [2.24, 2.45) is 0 Å². The molecule has 0 aliphatic rings. The molecule has 20 heavy (non-hydrogen) atoms. The summed E-state index contributed by atoms with van der Waals surface area (Å²) in [6.45, 7) is 0. The summed E-state index contributed by atoms with van der Waals surface area (Å²) in [7, 11) is 0. The summed E-state index contributed by atoms with van der Waals surface area (Å²) in [6.07, 6.45) is 1.31. The van der Waals surface area contributed by atoms with Crippen LogP contribution in [-0.2, 0) is 0 Å². The second-order valence-electron chi connectivity index (χ2n) is 3.54. The average Bonchev–Trinajstić information content (AvgIpc) is 2.42. The molecule has 8 heteroatoms. The molecule has 0 aliphatic carbocycles. The van der Waals surface area contributed by atoms with Crippen molar-refractivity contribution in [3.05, 3.63) is 56.2 Å². The van der Waals surface area contributed by atoms with Crippen LogP contribution in [0.2, 0.25) is 10.0 Å². The number of hydrogen-bond acceptors (Lipinski definition) is 5. The summed E-state index contributed by atoms with van der Waals surface area (Å²) < 4.78 is 5.31. The van der Waals surface area contributed by atoms with Gasteiger partial charge >= 0.3 is 5.69 Å². The van der Waals surface area contributed by atoms with Crippen molar-refractivity contribution in [2.45, 2.75) is 0 Å². The third-order valence-electron chi connectivity index (χ3n) is 2.32. The number of rotatable bonds is 3. The Balaban J connectivity index is 2.51. The van der Waals surface area contributed by atoms with E-state index in [0.717, 1.165) is 0 Å². The van der Waals surface area contributed by atoms with Crippen molar-refractivity contribution in [3.63, 3.8) is 0 Å². The molecular weight excluding hydrogens is 305 g/mol. The molecule has 6 nitrogen and oxygen atoms in total. The number of hydrogen-bond donors (Lipinski definition) is 0. The number of nitrogens with zero attached hydrogens (tertiary/aromatic N) is 3. The van der Waals surface area contributed by atoms with Gasteiger partial charge in [-0.25, -0.2) is 4.98 Å². The van der Waals surface area contributed by atoms with Gasteiger partial charge in [0.1, 0.15) is 11.1 Å². The van der Waals surface area contributed by atoms with Crippen LogP contribution in [0.1, 0.15) is 5.56 Å². The summed E-state index contributed by atoms with van der Waals surface area (Å²) in [5, 5.41) is 19.8. The molecule has 1 heterocycles. The maximum Gasteiger partial charge on any atom is 0.313 e. The van der Waals surface area contributed by atoms with Crippen molar-refractivity contribution >= 4 is 28.9 Å². The van der Waals surface area contributed by atoms with E-state index in [1.807, 2.05) is 6.07 Å². The molecule has 0 bridgehead atoms. The van der Waals surface area contributed by atoms with E-state index < -0.39 is 4.92 Å². The SMILES string of the molecule is N#Cc1ccnc(Oc2c(Cl)cccc2[N+](=O)[O-])c1Cl. The van der Waals surface area contributed by atoms with Gasteiger partial charge in [-0.3, -0.25) is 10.1 Å². The van der Waals surface area contributed by atoms with Crippen LogP contribution in [0.4, 0.5) is 5.69 Å². The quantitative estimate of drug-likeness (QED) is 0.632. The smallest absolute Gasteiger partial charge is 0.313 e. The second kappa shape index (κ2) is 5.74. The number of nitro benzene ring substituents is 1. The minimum atomic E-state index is -0.636. The van der Waals surface area contributed by atoms with Crippen LogP contribution in [-0.4, -0.2) is 9.91 Å². The highest BCUT2D eigenvalue weighted by Gasteiger charge is 2.21. The third kappa shape index (κ3) is 2.64. The third-order valence-corrected chi connectivity index (χ3v) is 2.98. The molecular formula is C12H5Cl2N3O3. The lowest BCUT2D eigenvalue weighted by Crippen LogP contribution is -1.96. The van der Waals surface area contributed by atoms with Crippen molar-refractivity contribution in [1.29, 1.82) is 5.26 Å². The minimum Gasteiger partial charge on any atom is -0.429 e. The largest absolute Gasteiger partial charge is 0.429 e. The molecule has 0 aliphatic heterocycles. The summed E-state index contributed by atoms with van der Waals surface area (Å²) >= 11 is 11.8. The normalized spacial score (nSPS) is 9.85. The molecule has 2 aromatic rings.